The molecule has 4 aromatic rings. The van der Waals surface area contributed by atoms with Gasteiger partial charge in [0.15, 0.2) is 0 Å². The van der Waals surface area contributed by atoms with Crippen molar-refractivity contribution in [1.82, 2.24) is 25.5 Å². The number of aromatic nitrogens is 4. The zero-order valence-corrected chi connectivity index (χ0v) is 17.0. The van der Waals surface area contributed by atoms with Gasteiger partial charge in [-0.1, -0.05) is 17.7 Å². The van der Waals surface area contributed by atoms with E-state index in [9.17, 15) is 9.18 Å². The quantitative estimate of drug-likeness (QED) is 0.429. The normalized spacial score (nSPS) is 12.0. The minimum Gasteiger partial charge on any atom is -0.331 e. The van der Waals surface area contributed by atoms with Crippen molar-refractivity contribution < 1.29 is 9.18 Å². The minimum atomic E-state index is -0.504. The lowest BCUT2D eigenvalue weighted by molar-refractivity contribution is 0.249. The number of fused-ring (bicyclic) bond motifs is 1. The number of anilines is 1. The highest BCUT2D eigenvalue weighted by atomic mass is 35.5. The van der Waals surface area contributed by atoms with Crippen molar-refractivity contribution in [2.24, 2.45) is 0 Å². The molecule has 3 N–H and O–H groups in total. The van der Waals surface area contributed by atoms with E-state index in [4.69, 9.17) is 11.6 Å². The highest BCUT2D eigenvalue weighted by Crippen LogP contribution is 2.27. The first-order valence-electron chi connectivity index (χ1n) is 9.20. The van der Waals surface area contributed by atoms with Crippen LogP contribution in [0.2, 0.25) is 5.02 Å². The SMILES string of the molecule is Cc1cc(-c2n[nH]c3cc(NC(=O)N[C@H](C)c4ccc(F)c(Cl)c4)ncc23)ccn1. The number of nitrogens with zero attached hydrogens (tertiary/aromatic N) is 3. The molecule has 1 atom stereocenters. The van der Waals surface area contributed by atoms with Crippen LogP contribution in [0, 0.1) is 12.7 Å². The van der Waals surface area contributed by atoms with Crippen LogP contribution in [0.1, 0.15) is 24.2 Å². The lowest BCUT2D eigenvalue weighted by Gasteiger charge is -2.15. The molecule has 152 valence electrons. The van der Waals surface area contributed by atoms with Gasteiger partial charge in [0.2, 0.25) is 0 Å². The lowest BCUT2D eigenvalue weighted by atomic mass is 10.1. The van der Waals surface area contributed by atoms with Gasteiger partial charge in [0.1, 0.15) is 17.3 Å². The Kier molecular flexibility index (Phi) is 5.33. The third-order valence-electron chi connectivity index (χ3n) is 4.65. The van der Waals surface area contributed by atoms with Gasteiger partial charge in [-0.05, 0) is 43.7 Å². The summed E-state index contributed by atoms with van der Waals surface area (Å²) in [7, 11) is 0. The van der Waals surface area contributed by atoms with Crippen molar-refractivity contribution in [2.45, 2.75) is 19.9 Å². The van der Waals surface area contributed by atoms with Crippen molar-refractivity contribution in [2.75, 3.05) is 5.32 Å². The van der Waals surface area contributed by atoms with E-state index in [2.05, 4.69) is 30.8 Å². The minimum absolute atomic E-state index is 0.00752. The van der Waals surface area contributed by atoms with Crippen LogP contribution >= 0.6 is 11.6 Å². The number of pyridine rings is 2. The Bertz CT molecular complexity index is 1240. The fraction of sp³-hybridized carbons (Fsp3) is 0.143. The summed E-state index contributed by atoms with van der Waals surface area (Å²) < 4.78 is 13.3. The molecule has 0 aliphatic rings. The number of carbonyl (C=O) groups excluding carboxylic acids is 1. The Balaban J connectivity index is 1.48. The van der Waals surface area contributed by atoms with Gasteiger partial charge < -0.3 is 5.32 Å². The van der Waals surface area contributed by atoms with Gasteiger partial charge in [-0.3, -0.25) is 15.4 Å². The summed E-state index contributed by atoms with van der Waals surface area (Å²) in [6, 6.07) is 9.04. The number of benzene rings is 1. The summed E-state index contributed by atoms with van der Waals surface area (Å²) in [4.78, 5) is 20.9. The maximum absolute atomic E-state index is 13.3. The summed E-state index contributed by atoms with van der Waals surface area (Å²) >= 11 is 5.81. The van der Waals surface area contributed by atoms with Gasteiger partial charge in [-0.2, -0.15) is 5.10 Å². The molecule has 0 aliphatic heterocycles. The Morgan fingerprint density at radius 1 is 1.20 bits per heavy atom. The zero-order chi connectivity index (χ0) is 21.3. The second kappa shape index (κ2) is 8.08. The predicted molar refractivity (Wildman–Crippen MR) is 114 cm³/mol. The van der Waals surface area contributed by atoms with Gasteiger partial charge in [-0.15, -0.1) is 0 Å². The summed E-state index contributed by atoms with van der Waals surface area (Å²) in [6.07, 6.45) is 3.39. The number of halogens is 2. The van der Waals surface area contributed by atoms with Gasteiger partial charge in [-0.25, -0.2) is 14.2 Å². The van der Waals surface area contributed by atoms with Crippen molar-refractivity contribution in [3.8, 4) is 11.3 Å². The van der Waals surface area contributed by atoms with E-state index < -0.39 is 11.8 Å². The summed E-state index contributed by atoms with van der Waals surface area (Å²) in [6.45, 7) is 3.69. The Morgan fingerprint density at radius 2 is 2.03 bits per heavy atom. The summed E-state index contributed by atoms with van der Waals surface area (Å²) in [5.41, 5.74) is 4.01. The number of aryl methyl sites for hydroxylation is 1. The number of amides is 2. The van der Waals surface area contributed by atoms with Gasteiger partial charge in [0.05, 0.1) is 16.6 Å². The fourth-order valence-corrected chi connectivity index (χ4v) is 3.30. The number of aromatic amines is 1. The van der Waals surface area contributed by atoms with Gasteiger partial charge >= 0.3 is 6.03 Å². The van der Waals surface area contributed by atoms with E-state index in [1.54, 1.807) is 31.5 Å². The van der Waals surface area contributed by atoms with Gasteiger partial charge in [0.25, 0.3) is 0 Å². The molecule has 0 unspecified atom stereocenters. The zero-order valence-electron chi connectivity index (χ0n) is 16.2. The van der Waals surface area contributed by atoms with Crippen LogP contribution in [-0.2, 0) is 0 Å². The highest BCUT2D eigenvalue weighted by molar-refractivity contribution is 6.30. The van der Waals surface area contributed by atoms with Crippen LogP contribution in [0.4, 0.5) is 15.0 Å². The molecule has 0 radical (unpaired) electrons. The molecule has 0 saturated carbocycles. The molecular formula is C21H18ClFN6O. The monoisotopic (exact) mass is 424 g/mol. The van der Waals surface area contributed by atoms with Crippen molar-refractivity contribution in [1.29, 1.82) is 0 Å². The highest BCUT2D eigenvalue weighted by Gasteiger charge is 2.14. The second-order valence-corrected chi connectivity index (χ2v) is 7.27. The average molecular weight is 425 g/mol. The van der Waals surface area contributed by atoms with Crippen LogP contribution in [0.15, 0.2) is 48.8 Å². The maximum Gasteiger partial charge on any atom is 0.320 e. The van der Waals surface area contributed by atoms with E-state index >= 15 is 0 Å². The Labute approximate surface area is 176 Å². The molecular weight excluding hydrogens is 407 g/mol. The molecule has 4 rings (SSSR count). The molecule has 0 fully saturated rings. The van der Waals surface area contributed by atoms with Crippen LogP contribution in [-0.4, -0.2) is 26.2 Å². The number of carbonyl (C=O) groups is 1. The van der Waals surface area contributed by atoms with Crippen molar-refractivity contribution >= 4 is 34.4 Å². The molecule has 2 amide bonds. The molecule has 0 spiro atoms. The summed E-state index contributed by atoms with van der Waals surface area (Å²) in [5, 5.41) is 13.6. The molecule has 9 heteroatoms. The molecule has 3 aromatic heterocycles. The molecule has 0 saturated heterocycles. The smallest absolute Gasteiger partial charge is 0.320 e. The lowest BCUT2D eigenvalue weighted by Crippen LogP contribution is -2.31. The Hall–Kier alpha value is -3.52. The van der Waals surface area contributed by atoms with Crippen LogP contribution < -0.4 is 10.6 Å². The van der Waals surface area contributed by atoms with E-state index in [0.717, 1.165) is 27.9 Å². The predicted octanol–water partition coefficient (Wildman–Crippen LogP) is 5.00. The molecule has 0 aliphatic carbocycles. The van der Waals surface area contributed by atoms with E-state index in [1.165, 1.54) is 12.1 Å². The Morgan fingerprint density at radius 3 is 2.80 bits per heavy atom. The first-order valence-corrected chi connectivity index (χ1v) is 9.58. The van der Waals surface area contributed by atoms with E-state index in [0.29, 0.717) is 11.4 Å². The number of H-pyrrole nitrogens is 1. The molecule has 1 aromatic carbocycles. The van der Waals surface area contributed by atoms with E-state index in [-0.39, 0.29) is 11.1 Å². The maximum atomic E-state index is 13.3. The number of urea groups is 1. The second-order valence-electron chi connectivity index (χ2n) is 6.87. The molecule has 30 heavy (non-hydrogen) atoms. The van der Waals surface area contributed by atoms with Gasteiger partial charge in [0, 0.05) is 35.1 Å². The number of hydrogen-bond donors (Lipinski definition) is 3. The number of nitrogens with one attached hydrogen (secondary N) is 3. The fourth-order valence-electron chi connectivity index (χ4n) is 3.11. The van der Waals surface area contributed by atoms with Crippen molar-refractivity contribution in [3.63, 3.8) is 0 Å². The van der Waals surface area contributed by atoms with Crippen molar-refractivity contribution in [3.05, 3.63) is 70.9 Å². The third kappa shape index (κ3) is 4.08. The topological polar surface area (TPSA) is 95.6 Å². The molecule has 0 bridgehead atoms. The van der Waals surface area contributed by atoms with Crippen LogP contribution in [0.25, 0.3) is 22.2 Å². The molecule has 7 nitrogen and oxygen atoms in total. The van der Waals surface area contributed by atoms with Crippen LogP contribution in [0.5, 0.6) is 0 Å². The van der Waals surface area contributed by atoms with E-state index in [1.807, 2.05) is 19.1 Å². The summed E-state index contributed by atoms with van der Waals surface area (Å²) in [5.74, 6) is -0.138. The third-order valence-corrected chi connectivity index (χ3v) is 4.94. The number of hydrogen-bond acceptors (Lipinski definition) is 4. The number of rotatable bonds is 4. The molecule has 3 heterocycles. The standard InChI is InChI=1S/C21H18ClFN6O/c1-11-7-14(5-6-24-11)20-15-10-25-19(9-18(15)28-29-20)27-21(30)26-12(2)13-3-4-17(23)16(22)8-13/h3-10,12H,1-2H3,(H,28,29)(H2,25,26,27,30)/t12-/m1/s1. The average Bonchev–Trinajstić information content (AvgIpc) is 3.13. The largest absolute Gasteiger partial charge is 0.331 e. The van der Waals surface area contributed by atoms with Crippen LogP contribution in [0.3, 0.4) is 0 Å². The first-order chi connectivity index (χ1) is 14.4. The first kappa shape index (κ1) is 19.8.